The van der Waals surface area contributed by atoms with Crippen molar-refractivity contribution in [3.63, 3.8) is 0 Å². The summed E-state index contributed by atoms with van der Waals surface area (Å²) in [4.78, 5) is 13.6. The van der Waals surface area contributed by atoms with E-state index in [1.54, 1.807) is 24.5 Å². The van der Waals surface area contributed by atoms with Gasteiger partial charge in [0, 0.05) is 41.4 Å². The first-order valence-electron chi connectivity index (χ1n) is 9.09. The van der Waals surface area contributed by atoms with Gasteiger partial charge >= 0.3 is 0 Å². The number of sulfonamides is 1. The first kappa shape index (κ1) is 18.4. The van der Waals surface area contributed by atoms with E-state index in [2.05, 4.69) is 15.0 Å². The molecular formula is C20H21N5O2S. The van der Waals surface area contributed by atoms with E-state index in [0.717, 1.165) is 48.2 Å². The molecule has 28 heavy (non-hydrogen) atoms. The zero-order chi connectivity index (χ0) is 19.6. The Hall–Kier alpha value is -3.00. The first-order chi connectivity index (χ1) is 13.5. The lowest BCUT2D eigenvalue weighted by molar-refractivity contribution is 0.607. The molecule has 0 atom stereocenters. The minimum Gasteiger partial charge on any atom is -0.366 e. The average molecular weight is 395 g/mol. The molecule has 1 aliphatic rings. The van der Waals surface area contributed by atoms with E-state index in [1.807, 2.05) is 24.3 Å². The SMILES string of the molecule is CS(=O)(=O)Nc1ccc(CNc2nc(-c3cccnc3)nc3c2CCC3)cc1. The molecule has 1 aliphatic carbocycles. The Kier molecular flexibility index (Phi) is 4.95. The van der Waals surface area contributed by atoms with Crippen molar-refractivity contribution < 1.29 is 8.42 Å². The smallest absolute Gasteiger partial charge is 0.229 e. The highest BCUT2D eigenvalue weighted by Gasteiger charge is 2.20. The van der Waals surface area contributed by atoms with Gasteiger partial charge in [-0.1, -0.05) is 12.1 Å². The van der Waals surface area contributed by atoms with Crippen molar-refractivity contribution in [2.45, 2.75) is 25.8 Å². The van der Waals surface area contributed by atoms with Gasteiger partial charge in [0.05, 0.1) is 6.26 Å². The predicted molar refractivity (Wildman–Crippen MR) is 110 cm³/mol. The van der Waals surface area contributed by atoms with E-state index in [-0.39, 0.29) is 0 Å². The molecule has 0 spiro atoms. The van der Waals surface area contributed by atoms with Crippen LogP contribution in [0.5, 0.6) is 0 Å². The standard InChI is InChI=1S/C20H21N5O2S/c1-28(26,27)25-16-9-7-14(8-10-16)12-22-20-17-5-2-6-18(17)23-19(24-20)15-4-3-11-21-13-15/h3-4,7-11,13,25H,2,5-6,12H2,1H3,(H,22,23,24). The molecule has 8 heteroatoms. The Balaban J connectivity index is 1.54. The van der Waals surface area contributed by atoms with E-state index in [0.29, 0.717) is 18.1 Å². The zero-order valence-corrected chi connectivity index (χ0v) is 16.3. The Morgan fingerprint density at radius 3 is 2.61 bits per heavy atom. The molecule has 0 bridgehead atoms. The van der Waals surface area contributed by atoms with Crippen LogP contribution >= 0.6 is 0 Å². The van der Waals surface area contributed by atoms with Crippen LogP contribution in [0.25, 0.3) is 11.4 Å². The van der Waals surface area contributed by atoms with Gasteiger partial charge in [-0.05, 0) is 49.1 Å². The number of benzene rings is 1. The van der Waals surface area contributed by atoms with E-state index < -0.39 is 10.0 Å². The summed E-state index contributed by atoms with van der Waals surface area (Å²) >= 11 is 0. The number of aromatic nitrogens is 3. The second-order valence-corrected chi connectivity index (χ2v) is 8.59. The van der Waals surface area contributed by atoms with Gasteiger partial charge < -0.3 is 5.32 Å². The normalized spacial score (nSPS) is 13.2. The Morgan fingerprint density at radius 1 is 1.07 bits per heavy atom. The monoisotopic (exact) mass is 395 g/mol. The molecule has 1 aromatic carbocycles. The molecule has 0 aliphatic heterocycles. The van der Waals surface area contributed by atoms with Crippen molar-refractivity contribution in [3.8, 4) is 11.4 Å². The van der Waals surface area contributed by atoms with Crippen molar-refractivity contribution in [1.82, 2.24) is 15.0 Å². The molecule has 0 saturated heterocycles. The van der Waals surface area contributed by atoms with Crippen molar-refractivity contribution in [3.05, 3.63) is 65.6 Å². The predicted octanol–water partition coefficient (Wildman–Crippen LogP) is 3.01. The average Bonchev–Trinajstić information content (AvgIpc) is 3.15. The minimum absolute atomic E-state index is 0.549. The Morgan fingerprint density at radius 2 is 1.89 bits per heavy atom. The van der Waals surface area contributed by atoms with Gasteiger partial charge in [-0.2, -0.15) is 0 Å². The molecule has 3 aromatic rings. The number of nitrogens with zero attached hydrogens (tertiary/aromatic N) is 3. The summed E-state index contributed by atoms with van der Waals surface area (Å²) in [5.41, 5.74) is 4.77. The minimum atomic E-state index is -3.27. The van der Waals surface area contributed by atoms with Gasteiger partial charge in [-0.25, -0.2) is 18.4 Å². The zero-order valence-electron chi connectivity index (χ0n) is 15.5. The first-order valence-corrected chi connectivity index (χ1v) is 11.0. The van der Waals surface area contributed by atoms with Gasteiger partial charge in [-0.15, -0.1) is 0 Å². The van der Waals surface area contributed by atoms with Gasteiger partial charge in [0.1, 0.15) is 5.82 Å². The lowest BCUT2D eigenvalue weighted by Crippen LogP contribution is -2.10. The highest BCUT2D eigenvalue weighted by atomic mass is 32.2. The van der Waals surface area contributed by atoms with Crippen molar-refractivity contribution in [1.29, 1.82) is 0 Å². The number of nitrogens with one attached hydrogen (secondary N) is 2. The highest BCUT2D eigenvalue weighted by Crippen LogP contribution is 2.29. The molecule has 2 aromatic heterocycles. The maximum atomic E-state index is 11.3. The van der Waals surface area contributed by atoms with Crippen LogP contribution in [-0.4, -0.2) is 29.6 Å². The molecule has 2 N–H and O–H groups in total. The molecule has 4 rings (SSSR count). The van der Waals surface area contributed by atoms with Gasteiger partial charge in [0.25, 0.3) is 0 Å². The van der Waals surface area contributed by atoms with Crippen molar-refractivity contribution in [2.24, 2.45) is 0 Å². The summed E-state index contributed by atoms with van der Waals surface area (Å²) in [6.07, 6.45) is 7.67. The number of fused-ring (bicyclic) bond motifs is 1. The van der Waals surface area contributed by atoms with Crippen LogP contribution in [0.3, 0.4) is 0 Å². The Labute approximate surface area is 164 Å². The van der Waals surface area contributed by atoms with Gasteiger partial charge in [-0.3, -0.25) is 9.71 Å². The van der Waals surface area contributed by atoms with Crippen LogP contribution in [0.2, 0.25) is 0 Å². The molecule has 0 radical (unpaired) electrons. The number of anilines is 2. The van der Waals surface area contributed by atoms with Crippen molar-refractivity contribution in [2.75, 3.05) is 16.3 Å². The molecule has 0 saturated carbocycles. The van der Waals surface area contributed by atoms with E-state index in [1.165, 1.54) is 5.56 Å². The fraction of sp³-hybridized carbons (Fsp3) is 0.250. The molecule has 144 valence electrons. The number of hydrogen-bond donors (Lipinski definition) is 2. The summed E-state index contributed by atoms with van der Waals surface area (Å²) in [6.45, 7) is 0.592. The molecule has 7 nitrogen and oxygen atoms in total. The van der Waals surface area contributed by atoms with Gasteiger partial charge in [0.15, 0.2) is 5.82 Å². The summed E-state index contributed by atoms with van der Waals surface area (Å²) in [6, 6.07) is 11.1. The molecule has 0 fully saturated rings. The Bertz CT molecular complexity index is 1080. The van der Waals surface area contributed by atoms with Crippen LogP contribution in [-0.2, 0) is 29.4 Å². The van der Waals surface area contributed by atoms with E-state index >= 15 is 0 Å². The quantitative estimate of drug-likeness (QED) is 0.666. The highest BCUT2D eigenvalue weighted by molar-refractivity contribution is 7.92. The number of aryl methyl sites for hydroxylation is 1. The van der Waals surface area contributed by atoms with E-state index in [4.69, 9.17) is 9.97 Å². The van der Waals surface area contributed by atoms with Crippen LogP contribution < -0.4 is 10.0 Å². The third-order valence-corrected chi connectivity index (χ3v) is 5.18. The van der Waals surface area contributed by atoms with E-state index in [9.17, 15) is 8.42 Å². The third-order valence-electron chi connectivity index (χ3n) is 4.57. The topological polar surface area (TPSA) is 96.9 Å². The fourth-order valence-corrected chi connectivity index (χ4v) is 3.86. The maximum absolute atomic E-state index is 11.3. The summed E-state index contributed by atoms with van der Waals surface area (Å²) in [5.74, 6) is 1.55. The summed E-state index contributed by atoms with van der Waals surface area (Å²) in [7, 11) is -3.27. The fourth-order valence-electron chi connectivity index (χ4n) is 3.29. The van der Waals surface area contributed by atoms with Gasteiger partial charge in [0.2, 0.25) is 10.0 Å². The molecular weight excluding hydrogens is 374 g/mol. The molecule has 0 unspecified atom stereocenters. The number of pyridine rings is 1. The second-order valence-electron chi connectivity index (χ2n) is 6.84. The number of hydrogen-bond acceptors (Lipinski definition) is 6. The maximum Gasteiger partial charge on any atom is 0.229 e. The van der Waals surface area contributed by atoms with Crippen LogP contribution in [0.4, 0.5) is 11.5 Å². The van der Waals surface area contributed by atoms with Crippen LogP contribution in [0.1, 0.15) is 23.2 Å². The lowest BCUT2D eigenvalue weighted by atomic mass is 10.2. The third kappa shape index (κ3) is 4.28. The lowest BCUT2D eigenvalue weighted by Gasteiger charge is -2.13. The molecule has 2 heterocycles. The summed E-state index contributed by atoms with van der Waals surface area (Å²) in [5, 5.41) is 3.43. The number of rotatable bonds is 6. The van der Waals surface area contributed by atoms with Crippen LogP contribution in [0, 0.1) is 0 Å². The second kappa shape index (κ2) is 7.55. The summed E-state index contributed by atoms with van der Waals surface area (Å²) < 4.78 is 25.1. The molecule has 0 amide bonds. The van der Waals surface area contributed by atoms with Crippen molar-refractivity contribution >= 4 is 21.5 Å². The largest absolute Gasteiger partial charge is 0.366 e. The van der Waals surface area contributed by atoms with Crippen LogP contribution in [0.15, 0.2) is 48.8 Å².